The smallest absolute Gasteiger partial charge is 0.253 e. The minimum Gasteiger partial charge on any atom is -0.384 e. The van der Waals surface area contributed by atoms with Crippen molar-refractivity contribution in [3.63, 3.8) is 0 Å². The Bertz CT molecular complexity index is 522. The van der Waals surface area contributed by atoms with Gasteiger partial charge in [0.15, 0.2) is 0 Å². The van der Waals surface area contributed by atoms with Gasteiger partial charge in [0, 0.05) is 24.6 Å². The van der Waals surface area contributed by atoms with E-state index in [9.17, 15) is 4.79 Å². The predicted molar refractivity (Wildman–Crippen MR) is 75.0 cm³/mol. The molecule has 0 aliphatic carbocycles. The highest BCUT2D eigenvalue weighted by Crippen LogP contribution is 2.14. The van der Waals surface area contributed by atoms with E-state index in [1.54, 1.807) is 12.4 Å². The first-order valence-corrected chi connectivity index (χ1v) is 6.40. The highest BCUT2D eigenvalue weighted by molar-refractivity contribution is 5.99. The third kappa shape index (κ3) is 3.58. The van der Waals surface area contributed by atoms with Crippen molar-refractivity contribution in [3.05, 3.63) is 48.0 Å². The Labute approximate surface area is 112 Å². The molecule has 0 aliphatic rings. The molecule has 100 valence electrons. The summed E-state index contributed by atoms with van der Waals surface area (Å²) in [6.07, 6.45) is 4.42. The molecule has 1 aromatic heterocycles. The zero-order valence-corrected chi connectivity index (χ0v) is 10.9. The van der Waals surface area contributed by atoms with Crippen LogP contribution in [0.2, 0.25) is 0 Å². The molecule has 1 heterocycles. The van der Waals surface area contributed by atoms with Gasteiger partial charge in [0.25, 0.3) is 5.91 Å². The third-order valence-electron chi connectivity index (χ3n) is 2.71. The number of anilines is 1. The standard InChI is InChI=1S/C14H18N4O/c1-2-7-15-12-6-4-3-5-11(12)14(19)18-10-13-16-8-9-17-13/h3-6,8-9,15H,2,7,10H2,1H3,(H,16,17)(H,18,19). The van der Waals surface area contributed by atoms with Gasteiger partial charge in [-0.05, 0) is 18.6 Å². The van der Waals surface area contributed by atoms with Crippen molar-refractivity contribution in [2.24, 2.45) is 0 Å². The second-order valence-corrected chi connectivity index (χ2v) is 4.19. The van der Waals surface area contributed by atoms with E-state index in [2.05, 4.69) is 27.5 Å². The zero-order chi connectivity index (χ0) is 13.5. The van der Waals surface area contributed by atoms with Gasteiger partial charge in [-0.25, -0.2) is 4.98 Å². The van der Waals surface area contributed by atoms with E-state index in [0.717, 1.165) is 24.5 Å². The first-order chi connectivity index (χ1) is 9.31. The molecule has 2 rings (SSSR count). The number of hydrogen-bond acceptors (Lipinski definition) is 3. The number of benzene rings is 1. The van der Waals surface area contributed by atoms with Gasteiger partial charge in [-0.1, -0.05) is 19.1 Å². The SMILES string of the molecule is CCCNc1ccccc1C(=O)NCc1ncc[nH]1. The van der Waals surface area contributed by atoms with Gasteiger partial charge in [0.05, 0.1) is 12.1 Å². The van der Waals surface area contributed by atoms with Crippen LogP contribution in [0.1, 0.15) is 29.5 Å². The largest absolute Gasteiger partial charge is 0.384 e. The fourth-order valence-electron chi connectivity index (χ4n) is 1.75. The molecule has 0 fully saturated rings. The average Bonchev–Trinajstić information content (AvgIpc) is 2.96. The number of hydrogen-bond donors (Lipinski definition) is 3. The van der Waals surface area contributed by atoms with E-state index in [1.807, 2.05) is 24.3 Å². The van der Waals surface area contributed by atoms with Crippen molar-refractivity contribution in [1.82, 2.24) is 15.3 Å². The topological polar surface area (TPSA) is 69.8 Å². The maximum Gasteiger partial charge on any atom is 0.253 e. The zero-order valence-electron chi connectivity index (χ0n) is 10.9. The highest BCUT2D eigenvalue weighted by atomic mass is 16.1. The summed E-state index contributed by atoms with van der Waals surface area (Å²) >= 11 is 0. The van der Waals surface area contributed by atoms with Crippen LogP contribution in [-0.2, 0) is 6.54 Å². The van der Waals surface area contributed by atoms with Gasteiger partial charge in [-0.15, -0.1) is 0 Å². The second kappa shape index (κ2) is 6.58. The van der Waals surface area contributed by atoms with Crippen molar-refractivity contribution in [1.29, 1.82) is 0 Å². The lowest BCUT2D eigenvalue weighted by atomic mass is 10.1. The van der Waals surface area contributed by atoms with Crippen LogP contribution in [0.15, 0.2) is 36.7 Å². The maximum absolute atomic E-state index is 12.1. The lowest BCUT2D eigenvalue weighted by molar-refractivity contribution is 0.0951. The van der Waals surface area contributed by atoms with Crippen molar-refractivity contribution >= 4 is 11.6 Å². The molecular formula is C14H18N4O. The van der Waals surface area contributed by atoms with E-state index in [4.69, 9.17) is 0 Å². The van der Waals surface area contributed by atoms with Crippen LogP contribution in [0.4, 0.5) is 5.69 Å². The third-order valence-corrected chi connectivity index (χ3v) is 2.71. The second-order valence-electron chi connectivity index (χ2n) is 4.19. The molecule has 0 spiro atoms. The molecule has 1 aromatic carbocycles. The summed E-state index contributed by atoms with van der Waals surface area (Å²) in [7, 11) is 0. The minimum absolute atomic E-state index is 0.101. The quantitative estimate of drug-likeness (QED) is 0.743. The monoisotopic (exact) mass is 258 g/mol. The number of imidazole rings is 1. The van der Waals surface area contributed by atoms with E-state index in [0.29, 0.717) is 12.1 Å². The van der Waals surface area contributed by atoms with Crippen LogP contribution in [0.25, 0.3) is 0 Å². The number of rotatable bonds is 6. The molecule has 2 aromatic rings. The molecule has 0 atom stereocenters. The van der Waals surface area contributed by atoms with Crippen LogP contribution in [0.3, 0.4) is 0 Å². The van der Waals surface area contributed by atoms with Crippen molar-refractivity contribution in [2.45, 2.75) is 19.9 Å². The Balaban J connectivity index is 2.01. The summed E-state index contributed by atoms with van der Waals surface area (Å²) in [5, 5.41) is 6.10. The number of nitrogens with zero attached hydrogens (tertiary/aromatic N) is 1. The summed E-state index contributed by atoms with van der Waals surface area (Å²) in [6.45, 7) is 3.34. The summed E-state index contributed by atoms with van der Waals surface area (Å²) in [6, 6.07) is 7.51. The van der Waals surface area contributed by atoms with Gasteiger partial charge in [0.2, 0.25) is 0 Å². The molecule has 0 saturated carbocycles. The molecule has 19 heavy (non-hydrogen) atoms. The van der Waals surface area contributed by atoms with E-state index in [-0.39, 0.29) is 5.91 Å². The van der Waals surface area contributed by atoms with Crippen molar-refractivity contribution in [2.75, 3.05) is 11.9 Å². The van der Waals surface area contributed by atoms with Crippen LogP contribution in [-0.4, -0.2) is 22.4 Å². The van der Waals surface area contributed by atoms with Gasteiger partial charge in [-0.3, -0.25) is 4.79 Å². The van der Waals surface area contributed by atoms with Crippen LogP contribution < -0.4 is 10.6 Å². The molecule has 0 aliphatic heterocycles. The number of carbonyl (C=O) groups is 1. The lowest BCUT2D eigenvalue weighted by Crippen LogP contribution is -2.24. The van der Waals surface area contributed by atoms with Crippen LogP contribution >= 0.6 is 0 Å². The van der Waals surface area contributed by atoms with Gasteiger partial charge in [-0.2, -0.15) is 0 Å². The molecule has 0 saturated heterocycles. The molecular weight excluding hydrogens is 240 g/mol. The molecule has 1 amide bonds. The Morgan fingerprint density at radius 3 is 2.95 bits per heavy atom. The van der Waals surface area contributed by atoms with Gasteiger partial charge in [0.1, 0.15) is 5.82 Å². The number of amides is 1. The molecule has 3 N–H and O–H groups in total. The van der Waals surface area contributed by atoms with Gasteiger partial charge >= 0.3 is 0 Å². The predicted octanol–water partition coefficient (Wildman–Crippen LogP) is 2.16. The number of carbonyl (C=O) groups excluding carboxylic acids is 1. The number of aromatic amines is 1. The fraction of sp³-hybridized carbons (Fsp3) is 0.286. The first-order valence-electron chi connectivity index (χ1n) is 6.40. The van der Waals surface area contributed by atoms with E-state index < -0.39 is 0 Å². The Hall–Kier alpha value is -2.30. The van der Waals surface area contributed by atoms with Crippen molar-refractivity contribution < 1.29 is 4.79 Å². The first kappa shape index (κ1) is 13.1. The Morgan fingerprint density at radius 1 is 1.37 bits per heavy atom. The summed E-state index contributed by atoms with van der Waals surface area (Å²) in [5.74, 6) is 0.642. The maximum atomic E-state index is 12.1. The summed E-state index contributed by atoms with van der Waals surface area (Å²) in [4.78, 5) is 19.2. The molecule has 0 unspecified atom stereocenters. The molecule has 5 nitrogen and oxygen atoms in total. The van der Waals surface area contributed by atoms with Crippen LogP contribution in [0.5, 0.6) is 0 Å². The Morgan fingerprint density at radius 2 is 2.21 bits per heavy atom. The van der Waals surface area contributed by atoms with Crippen LogP contribution in [0, 0.1) is 0 Å². The number of H-pyrrole nitrogens is 1. The highest BCUT2D eigenvalue weighted by Gasteiger charge is 2.10. The summed E-state index contributed by atoms with van der Waals surface area (Å²) < 4.78 is 0. The molecule has 5 heteroatoms. The summed E-state index contributed by atoms with van der Waals surface area (Å²) in [5.41, 5.74) is 1.52. The van der Waals surface area contributed by atoms with Gasteiger partial charge < -0.3 is 15.6 Å². The minimum atomic E-state index is -0.101. The van der Waals surface area contributed by atoms with E-state index in [1.165, 1.54) is 0 Å². The number of nitrogens with one attached hydrogen (secondary N) is 3. The van der Waals surface area contributed by atoms with E-state index >= 15 is 0 Å². The Kier molecular flexibility index (Phi) is 4.55. The normalized spacial score (nSPS) is 10.2. The fourth-order valence-corrected chi connectivity index (χ4v) is 1.75. The molecule has 0 bridgehead atoms. The lowest BCUT2D eigenvalue weighted by Gasteiger charge is -2.11. The number of aromatic nitrogens is 2. The average molecular weight is 258 g/mol. The number of para-hydroxylation sites is 1. The van der Waals surface area contributed by atoms with Crippen molar-refractivity contribution in [3.8, 4) is 0 Å². The molecule has 0 radical (unpaired) electrons.